The van der Waals surface area contributed by atoms with Gasteiger partial charge in [0.15, 0.2) is 0 Å². The van der Waals surface area contributed by atoms with E-state index in [9.17, 15) is 10.0 Å². The molecule has 2 N–H and O–H groups in total. The Morgan fingerprint density at radius 2 is 0.941 bits per heavy atom. The molecule has 5 heteroatoms. The van der Waals surface area contributed by atoms with E-state index in [-0.39, 0.29) is 26.7 Å². The normalized spacial score (nSPS) is 17.1. The summed E-state index contributed by atoms with van der Waals surface area (Å²) in [6, 6.07) is 0. The van der Waals surface area contributed by atoms with Crippen LogP contribution in [0.5, 0.6) is 0 Å². The molecule has 0 radical (unpaired) electrons. The molecular weight excluding hydrogens is 250 g/mol. The molecule has 0 aliphatic carbocycles. The zero-order valence-electron chi connectivity index (χ0n) is 13.0. The molecule has 0 heterocycles. The molecule has 0 bridgehead atoms. The van der Waals surface area contributed by atoms with Gasteiger partial charge in [0.25, 0.3) is 0 Å². The molecule has 0 atom stereocenters. The zero-order valence-corrected chi connectivity index (χ0v) is 15.0. The predicted octanol–water partition coefficient (Wildman–Crippen LogP) is 3.21. The van der Waals surface area contributed by atoms with E-state index in [1.807, 2.05) is 0 Å². The Bertz CT molecular complexity index is 225. The molecule has 0 aromatic heterocycles. The molecule has 17 heavy (non-hydrogen) atoms. The van der Waals surface area contributed by atoms with Crippen molar-refractivity contribution in [1.82, 2.24) is 0 Å². The summed E-state index contributed by atoms with van der Waals surface area (Å²) >= 11 is 0.254. The van der Waals surface area contributed by atoms with E-state index in [4.69, 9.17) is 0 Å². The van der Waals surface area contributed by atoms with Crippen LogP contribution >= 0.6 is 17.7 Å². The van der Waals surface area contributed by atoms with Gasteiger partial charge in [-0.15, -0.1) is 0 Å². The third-order valence-electron chi connectivity index (χ3n) is 3.72. The maximum absolute atomic E-state index is 9.58. The van der Waals surface area contributed by atoms with E-state index in [0.29, 0.717) is 0 Å². The second-order valence-electron chi connectivity index (χ2n) is 8.02. The maximum atomic E-state index is 9.58. The van der Waals surface area contributed by atoms with Gasteiger partial charge >= 0.3 is 112 Å². The number of rotatable bonds is 2. The summed E-state index contributed by atoms with van der Waals surface area (Å²) in [5.74, 6) is 0. The molecule has 0 aromatic carbocycles. The van der Waals surface area contributed by atoms with Gasteiger partial charge in [-0.2, -0.15) is 0 Å². The van der Waals surface area contributed by atoms with Crippen molar-refractivity contribution in [3.05, 3.63) is 0 Å². The topological polar surface area (TPSA) is 40.5 Å². The van der Waals surface area contributed by atoms with Crippen molar-refractivity contribution in [3.8, 4) is 0 Å². The van der Waals surface area contributed by atoms with E-state index in [0.717, 1.165) is 0 Å². The molecule has 0 unspecified atom stereocenters. The van der Waals surface area contributed by atoms with Gasteiger partial charge in [0.05, 0.1) is 0 Å². The van der Waals surface area contributed by atoms with Gasteiger partial charge in [-0.1, -0.05) is 0 Å². The molecular formula is C12H32BO2PS. The van der Waals surface area contributed by atoms with E-state index in [2.05, 4.69) is 62.3 Å². The molecule has 0 saturated heterocycles. The zero-order chi connectivity index (χ0) is 14.3. The van der Waals surface area contributed by atoms with Crippen LogP contribution in [0.3, 0.4) is 0 Å². The van der Waals surface area contributed by atoms with E-state index in [1.54, 1.807) is 0 Å². The third-order valence-corrected chi connectivity index (χ3v) is 20.0. The summed E-state index contributed by atoms with van der Waals surface area (Å²) in [7, 11) is 0. The van der Waals surface area contributed by atoms with Gasteiger partial charge < -0.3 is 0 Å². The summed E-state index contributed by atoms with van der Waals surface area (Å²) in [4.78, 5) is 0. The fourth-order valence-corrected chi connectivity index (χ4v) is 17.7. The quantitative estimate of drug-likeness (QED) is 0.603. The number of hydrogen-bond donors (Lipinski definition) is 2. The molecule has 0 aliphatic heterocycles. The second kappa shape index (κ2) is 5.04. The van der Waals surface area contributed by atoms with Crippen molar-refractivity contribution >= 4 is 24.1 Å². The first kappa shape index (κ1) is 17.8. The Morgan fingerprint density at radius 1 is 0.706 bits per heavy atom. The van der Waals surface area contributed by atoms with Crippen molar-refractivity contribution < 1.29 is 10.0 Å². The van der Waals surface area contributed by atoms with Crippen LogP contribution in [0.25, 0.3) is 0 Å². The van der Waals surface area contributed by atoms with Gasteiger partial charge in [-0.25, -0.2) is 0 Å². The third kappa shape index (κ3) is 3.40. The summed E-state index contributed by atoms with van der Waals surface area (Å²) in [6.07, 6.45) is -1.17. The van der Waals surface area contributed by atoms with Gasteiger partial charge in [-0.3, -0.25) is 0 Å². The van der Waals surface area contributed by atoms with Crippen LogP contribution in [-0.2, 0) is 0 Å². The molecule has 0 fully saturated rings. The molecule has 0 rings (SSSR count). The average molecular weight is 282 g/mol. The standard InChI is InChI=1S/C12H32BO2PS/c1-10(2,3)16(11(4,5)6,12(7,8)9)17-13(14)15/h14-16H,17H2,1-9H3. The van der Waals surface area contributed by atoms with Crippen LogP contribution in [0.4, 0.5) is 0 Å². The molecule has 2 nitrogen and oxygen atoms in total. The molecule has 106 valence electrons. The predicted molar refractivity (Wildman–Crippen MR) is 88.1 cm³/mol. The molecule has 0 aromatic rings. The number of hydrogen-bond acceptors (Lipinski definition) is 2. The van der Waals surface area contributed by atoms with Gasteiger partial charge in [-0.05, 0) is 0 Å². The van der Waals surface area contributed by atoms with Crippen molar-refractivity contribution in [1.29, 1.82) is 0 Å². The Kier molecular flexibility index (Phi) is 5.26. The Labute approximate surface area is 112 Å². The van der Waals surface area contributed by atoms with E-state index in [1.165, 1.54) is 0 Å². The minimum absolute atomic E-state index is 0.144. The van der Waals surface area contributed by atoms with Crippen molar-refractivity contribution in [2.75, 3.05) is 0 Å². The molecule has 0 saturated carbocycles. The summed E-state index contributed by atoms with van der Waals surface area (Å²) in [5.41, 5.74) is 0. The first-order valence-electron chi connectivity index (χ1n) is 6.31. The van der Waals surface area contributed by atoms with Crippen LogP contribution in [0.15, 0.2) is 0 Å². The van der Waals surface area contributed by atoms with Gasteiger partial charge in [0, 0.05) is 0 Å². The summed E-state index contributed by atoms with van der Waals surface area (Å²) in [6.45, 7) is 18.5. The summed E-state index contributed by atoms with van der Waals surface area (Å²) < 4.78 is 0. The van der Waals surface area contributed by atoms with Crippen LogP contribution < -0.4 is 0 Å². The van der Waals surface area contributed by atoms with Gasteiger partial charge in [0.1, 0.15) is 0 Å². The van der Waals surface area contributed by atoms with E-state index < -0.39 is 12.9 Å². The Hall–Kier alpha value is 0.765. The second-order valence-corrected chi connectivity index (χ2v) is 17.9. The molecule has 0 spiro atoms. The van der Waals surface area contributed by atoms with Gasteiger partial charge in [0.2, 0.25) is 0 Å². The van der Waals surface area contributed by atoms with Crippen LogP contribution in [-0.4, -0.2) is 31.9 Å². The fourth-order valence-electron chi connectivity index (χ4n) is 4.22. The van der Waals surface area contributed by atoms with Crippen LogP contribution in [0.1, 0.15) is 62.3 Å². The molecule has 0 aliphatic rings. The monoisotopic (exact) mass is 282 g/mol. The minimum atomic E-state index is -1.94. The first-order valence-corrected chi connectivity index (χ1v) is 10.4. The Balaban J connectivity index is 5.93. The van der Waals surface area contributed by atoms with Crippen LogP contribution in [0, 0.1) is 0 Å². The Morgan fingerprint density at radius 3 is 1.00 bits per heavy atom. The summed E-state index contributed by atoms with van der Waals surface area (Å²) in [5, 5.41) is 19.6. The first-order chi connectivity index (χ1) is 7.17. The molecule has 0 amide bonds. The average Bonchev–Trinajstić information content (AvgIpc) is 1.91. The van der Waals surface area contributed by atoms with Crippen molar-refractivity contribution in [2.24, 2.45) is 0 Å². The SMILES string of the molecule is CC(C)(C)[PH]([SH2]B(O)O)(C(C)(C)C)C(C)(C)C. The van der Waals surface area contributed by atoms with Crippen LogP contribution in [0.2, 0.25) is 0 Å². The van der Waals surface area contributed by atoms with E-state index >= 15 is 0 Å². The van der Waals surface area contributed by atoms with Crippen molar-refractivity contribution in [2.45, 2.75) is 77.8 Å². The van der Waals surface area contributed by atoms with Crippen molar-refractivity contribution in [3.63, 3.8) is 0 Å². The fraction of sp³-hybridized carbons (Fsp3) is 1.00.